The average molecular weight is 405 g/mol. The first-order chi connectivity index (χ1) is 13.3. The van der Waals surface area contributed by atoms with E-state index >= 15 is 0 Å². The van der Waals surface area contributed by atoms with Gasteiger partial charge in [0.15, 0.2) is 6.61 Å². The first-order valence-corrected chi connectivity index (χ1v) is 8.93. The topological polar surface area (TPSA) is 108 Å². The maximum atomic E-state index is 12.2. The molecule has 0 aliphatic heterocycles. The summed E-state index contributed by atoms with van der Waals surface area (Å²) in [5.41, 5.74) is 1.58. The number of rotatable bonds is 6. The molecule has 8 nitrogen and oxygen atoms in total. The standard InChI is InChI=1S/C19H19NO7S/c1-10-6-5-7-12(8-10)17(22)27-9-13(21)20-16-14(18(23)25-3)11(2)15(28-16)19(24)26-4/h5-8H,9H2,1-4H3,(H,20,21). The SMILES string of the molecule is COC(=O)c1sc(NC(=O)COC(=O)c2cccc(C)c2)c(C(=O)OC)c1C. The number of methoxy groups -OCH3 is 2. The molecule has 1 heterocycles. The lowest BCUT2D eigenvalue weighted by Crippen LogP contribution is -2.21. The fourth-order valence-electron chi connectivity index (χ4n) is 2.39. The van der Waals surface area contributed by atoms with E-state index in [0.29, 0.717) is 11.1 Å². The van der Waals surface area contributed by atoms with Crippen LogP contribution in [0.3, 0.4) is 0 Å². The van der Waals surface area contributed by atoms with Gasteiger partial charge in [-0.25, -0.2) is 14.4 Å². The van der Waals surface area contributed by atoms with E-state index < -0.39 is 30.4 Å². The molecule has 1 amide bonds. The molecule has 0 saturated carbocycles. The molecule has 1 N–H and O–H groups in total. The summed E-state index contributed by atoms with van der Waals surface area (Å²) in [6.45, 7) is 2.82. The largest absolute Gasteiger partial charge is 0.465 e. The van der Waals surface area contributed by atoms with Gasteiger partial charge in [0.1, 0.15) is 9.88 Å². The minimum Gasteiger partial charge on any atom is -0.465 e. The second kappa shape index (κ2) is 9.14. The Balaban J connectivity index is 2.13. The Morgan fingerprint density at radius 1 is 1.00 bits per heavy atom. The number of amides is 1. The van der Waals surface area contributed by atoms with E-state index in [-0.39, 0.29) is 15.4 Å². The number of ether oxygens (including phenoxy) is 3. The molecule has 9 heteroatoms. The molecule has 0 fully saturated rings. The van der Waals surface area contributed by atoms with Gasteiger partial charge in [-0.3, -0.25) is 4.79 Å². The molecule has 1 aromatic heterocycles. The summed E-state index contributed by atoms with van der Waals surface area (Å²) in [5, 5.41) is 2.59. The Labute approximate surface area is 165 Å². The van der Waals surface area contributed by atoms with Crippen molar-refractivity contribution >= 4 is 40.2 Å². The molecule has 148 valence electrons. The molecule has 0 unspecified atom stereocenters. The molecule has 0 atom stereocenters. The summed E-state index contributed by atoms with van der Waals surface area (Å²) in [5.74, 6) is -2.66. The van der Waals surface area contributed by atoms with E-state index in [0.717, 1.165) is 16.9 Å². The van der Waals surface area contributed by atoms with Crippen LogP contribution in [-0.4, -0.2) is 44.6 Å². The van der Waals surface area contributed by atoms with Crippen molar-refractivity contribution in [1.29, 1.82) is 0 Å². The smallest absolute Gasteiger partial charge is 0.348 e. The first kappa shape index (κ1) is 21.1. The zero-order chi connectivity index (χ0) is 20.8. The van der Waals surface area contributed by atoms with Gasteiger partial charge in [0.05, 0.1) is 25.3 Å². The van der Waals surface area contributed by atoms with Crippen molar-refractivity contribution in [3.8, 4) is 0 Å². The van der Waals surface area contributed by atoms with E-state index in [1.165, 1.54) is 14.2 Å². The van der Waals surface area contributed by atoms with Crippen LogP contribution in [0.2, 0.25) is 0 Å². The Bertz CT molecular complexity index is 932. The second-order valence-electron chi connectivity index (χ2n) is 5.74. The van der Waals surface area contributed by atoms with Gasteiger partial charge in [-0.2, -0.15) is 0 Å². The number of hydrogen-bond donors (Lipinski definition) is 1. The second-order valence-corrected chi connectivity index (χ2v) is 6.76. The maximum Gasteiger partial charge on any atom is 0.348 e. The third-order valence-electron chi connectivity index (χ3n) is 3.75. The zero-order valence-corrected chi connectivity index (χ0v) is 16.6. The fraction of sp³-hybridized carbons (Fsp3) is 0.263. The van der Waals surface area contributed by atoms with Crippen LogP contribution in [0.25, 0.3) is 0 Å². The van der Waals surface area contributed by atoms with Crippen LogP contribution in [0.4, 0.5) is 5.00 Å². The van der Waals surface area contributed by atoms with Crippen molar-refractivity contribution in [3.63, 3.8) is 0 Å². The van der Waals surface area contributed by atoms with Crippen molar-refractivity contribution in [3.05, 3.63) is 51.4 Å². The van der Waals surface area contributed by atoms with Crippen LogP contribution in [0.5, 0.6) is 0 Å². The van der Waals surface area contributed by atoms with E-state index in [1.54, 1.807) is 25.1 Å². The van der Waals surface area contributed by atoms with Gasteiger partial charge in [-0.1, -0.05) is 17.7 Å². The lowest BCUT2D eigenvalue weighted by molar-refractivity contribution is -0.119. The predicted octanol–water partition coefficient (Wildman–Crippen LogP) is 2.73. The van der Waals surface area contributed by atoms with Crippen LogP contribution in [-0.2, 0) is 19.0 Å². The van der Waals surface area contributed by atoms with Gasteiger partial charge in [0.2, 0.25) is 0 Å². The summed E-state index contributed by atoms with van der Waals surface area (Å²) < 4.78 is 14.4. The van der Waals surface area contributed by atoms with Crippen LogP contribution >= 0.6 is 11.3 Å². The van der Waals surface area contributed by atoms with Crippen molar-refractivity contribution < 1.29 is 33.4 Å². The fourth-order valence-corrected chi connectivity index (χ4v) is 3.52. The number of carbonyl (C=O) groups is 4. The highest BCUT2D eigenvalue weighted by Crippen LogP contribution is 2.34. The molecule has 0 radical (unpaired) electrons. The molecule has 0 bridgehead atoms. The van der Waals surface area contributed by atoms with Gasteiger partial charge in [0.25, 0.3) is 5.91 Å². The van der Waals surface area contributed by atoms with Crippen molar-refractivity contribution in [1.82, 2.24) is 0 Å². The highest BCUT2D eigenvalue weighted by molar-refractivity contribution is 7.18. The van der Waals surface area contributed by atoms with Crippen LogP contribution in [0.1, 0.15) is 41.5 Å². The Kier molecular flexibility index (Phi) is 6.89. The quantitative estimate of drug-likeness (QED) is 0.581. The molecule has 2 rings (SSSR count). The Hall–Kier alpha value is -3.20. The number of carbonyl (C=O) groups excluding carboxylic acids is 4. The minimum atomic E-state index is -0.712. The number of hydrogen-bond acceptors (Lipinski definition) is 8. The van der Waals surface area contributed by atoms with Crippen molar-refractivity contribution in [2.45, 2.75) is 13.8 Å². The molecule has 1 aromatic carbocycles. The van der Waals surface area contributed by atoms with Gasteiger partial charge in [-0.05, 0) is 31.5 Å². The molecule has 0 aliphatic rings. The molecular formula is C19H19NO7S. The van der Waals surface area contributed by atoms with E-state index in [1.807, 2.05) is 13.0 Å². The lowest BCUT2D eigenvalue weighted by atomic mass is 10.1. The van der Waals surface area contributed by atoms with Gasteiger partial charge in [-0.15, -0.1) is 11.3 Å². The normalized spacial score (nSPS) is 10.1. The summed E-state index contributed by atoms with van der Waals surface area (Å²) in [7, 11) is 2.40. The highest BCUT2D eigenvalue weighted by atomic mass is 32.1. The molecular weight excluding hydrogens is 386 g/mol. The van der Waals surface area contributed by atoms with E-state index in [9.17, 15) is 19.2 Å². The lowest BCUT2D eigenvalue weighted by Gasteiger charge is -2.07. The van der Waals surface area contributed by atoms with Gasteiger partial charge < -0.3 is 19.5 Å². The average Bonchev–Trinajstić information content (AvgIpc) is 3.00. The van der Waals surface area contributed by atoms with Crippen molar-refractivity contribution in [2.24, 2.45) is 0 Å². The maximum absolute atomic E-state index is 12.2. The monoisotopic (exact) mass is 405 g/mol. The summed E-state index contributed by atoms with van der Waals surface area (Å²) in [6, 6.07) is 6.75. The molecule has 0 spiro atoms. The number of anilines is 1. The Morgan fingerprint density at radius 3 is 2.29 bits per heavy atom. The number of esters is 3. The summed E-state index contributed by atoms with van der Waals surface area (Å²) in [4.78, 5) is 48.3. The van der Waals surface area contributed by atoms with Crippen LogP contribution in [0.15, 0.2) is 24.3 Å². The van der Waals surface area contributed by atoms with E-state index in [2.05, 4.69) is 10.1 Å². The molecule has 28 heavy (non-hydrogen) atoms. The number of aryl methyl sites for hydroxylation is 1. The van der Waals surface area contributed by atoms with Gasteiger partial charge >= 0.3 is 17.9 Å². The van der Waals surface area contributed by atoms with Crippen molar-refractivity contribution in [2.75, 3.05) is 26.1 Å². The Morgan fingerprint density at radius 2 is 1.68 bits per heavy atom. The zero-order valence-electron chi connectivity index (χ0n) is 15.8. The molecule has 0 aliphatic carbocycles. The number of nitrogens with one attached hydrogen (secondary N) is 1. The molecule has 0 saturated heterocycles. The van der Waals surface area contributed by atoms with Crippen LogP contribution in [0, 0.1) is 13.8 Å². The molecule has 2 aromatic rings. The first-order valence-electron chi connectivity index (χ1n) is 8.12. The third-order valence-corrected chi connectivity index (χ3v) is 4.94. The van der Waals surface area contributed by atoms with E-state index in [4.69, 9.17) is 9.47 Å². The minimum absolute atomic E-state index is 0.0475. The third kappa shape index (κ3) is 4.74. The number of benzene rings is 1. The predicted molar refractivity (Wildman–Crippen MR) is 102 cm³/mol. The van der Waals surface area contributed by atoms with Gasteiger partial charge in [0, 0.05) is 0 Å². The number of thiophene rings is 1. The highest BCUT2D eigenvalue weighted by Gasteiger charge is 2.27. The summed E-state index contributed by atoms with van der Waals surface area (Å²) >= 11 is 0.876. The van der Waals surface area contributed by atoms with Crippen LogP contribution < -0.4 is 5.32 Å². The summed E-state index contributed by atoms with van der Waals surface area (Å²) in [6.07, 6.45) is 0.